The molecule has 3 nitrogen and oxygen atoms in total. The molecule has 2 rings (SSSR count). The van der Waals surface area contributed by atoms with Crippen molar-refractivity contribution in [3.8, 4) is 6.07 Å². The zero-order valence-corrected chi connectivity index (χ0v) is 10.6. The first kappa shape index (κ1) is 12.2. The first-order chi connectivity index (χ1) is 8.02. The van der Waals surface area contributed by atoms with Gasteiger partial charge in [0.05, 0.1) is 17.6 Å². The van der Waals surface area contributed by atoms with Gasteiger partial charge in [-0.15, -0.1) is 0 Å². The lowest BCUT2D eigenvalue weighted by atomic mass is 9.91. The molecule has 0 aliphatic heterocycles. The van der Waals surface area contributed by atoms with Crippen LogP contribution >= 0.6 is 0 Å². The predicted molar refractivity (Wildman–Crippen MR) is 66.1 cm³/mol. The molecule has 1 heterocycles. The quantitative estimate of drug-likeness (QED) is 0.848. The van der Waals surface area contributed by atoms with Gasteiger partial charge in [-0.3, -0.25) is 0 Å². The van der Waals surface area contributed by atoms with Gasteiger partial charge in [0.2, 0.25) is 0 Å². The van der Waals surface area contributed by atoms with E-state index in [-0.39, 0.29) is 11.5 Å². The molecule has 1 aromatic heterocycles. The largest absolute Gasteiger partial charge is 0.388 e. The molecule has 92 valence electrons. The van der Waals surface area contributed by atoms with Crippen LogP contribution in [0.5, 0.6) is 0 Å². The van der Waals surface area contributed by atoms with Crippen molar-refractivity contribution >= 4 is 0 Å². The molecule has 1 atom stereocenters. The average molecular weight is 232 g/mol. The van der Waals surface area contributed by atoms with E-state index >= 15 is 0 Å². The van der Waals surface area contributed by atoms with Gasteiger partial charge in [0.25, 0.3) is 0 Å². The molecule has 0 bridgehead atoms. The highest BCUT2D eigenvalue weighted by Gasteiger charge is 2.31. The number of aromatic nitrogens is 1. The van der Waals surface area contributed by atoms with Crippen molar-refractivity contribution in [2.24, 2.45) is 11.3 Å². The summed E-state index contributed by atoms with van der Waals surface area (Å²) in [5.74, 6) is 0.474. The van der Waals surface area contributed by atoms with E-state index in [4.69, 9.17) is 5.26 Å². The van der Waals surface area contributed by atoms with E-state index in [1.54, 1.807) is 0 Å². The van der Waals surface area contributed by atoms with Gasteiger partial charge in [-0.2, -0.15) is 5.26 Å². The Balaban J connectivity index is 1.92. The van der Waals surface area contributed by atoms with Gasteiger partial charge in [0.1, 0.15) is 0 Å². The molecular weight excluding hydrogens is 212 g/mol. The van der Waals surface area contributed by atoms with E-state index in [2.05, 4.69) is 10.6 Å². The summed E-state index contributed by atoms with van der Waals surface area (Å²) in [5.41, 5.74) is 0.738. The van der Waals surface area contributed by atoms with Crippen molar-refractivity contribution in [2.75, 3.05) is 0 Å². The Bertz CT molecular complexity index is 424. The van der Waals surface area contributed by atoms with Crippen LogP contribution in [0.25, 0.3) is 0 Å². The molecule has 0 saturated heterocycles. The third-order valence-corrected chi connectivity index (χ3v) is 3.48. The number of hydrogen-bond donors (Lipinski definition) is 1. The molecule has 1 N–H and O–H groups in total. The number of nitriles is 1. The lowest BCUT2D eigenvalue weighted by molar-refractivity contribution is 0.154. The third-order valence-electron chi connectivity index (χ3n) is 3.48. The summed E-state index contributed by atoms with van der Waals surface area (Å²) in [7, 11) is 0. The monoisotopic (exact) mass is 232 g/mol. The highest BCUT2D eigenvalue weighted by molar-refractivity contribution is 5.16. The Morgan fingerprint density at radius 3 is 2.88 bits per heavy atom. The van der Waals surface area contributed by atoms with Crippen molar-refractivity contribution in [1.82, 2.24) is 4.57 Å². The van der Waals surface area contributed by atoms with Crippen LogP contribution < -0.4 is 0 Å². The number of aryl methyl sites for hydroxylation is 1. The molecule has 0 aromatic carbocycles. The SMILES string of the molecule is CC(C)(C#N)CCn1ccc(C(O)C2CC2)c1. The maximum atomic E-state index is 9.98. The zero-order valence-electron chi connectivity index (χ0n) is 10.6. The molecule has 3 heteroatoms. The number of aliphatic hydroxyl groups is 1. The van der Waals surface area contributed by atoms with Crippen molar-refractivity contribution in [3.05, 3.63) is 24.0 Å². The Labute approximate surface area is 103 Å². The van der Waals surface area contributed by atoms with Gasteiger partial charge < -0.3 is 9.67 Å². The van der Waals surface area contributed by atoms with Crippen LogP contribution in [0.1, 0.15) is 44.8 Å². The summed E-state index contributed by atoms with van der Waals surface area (Å²) in [5, 5.41) is 18.9. The van der Waals surface area contributed by atoms with Gasteiger partial charge in [-0.05, 0) is 50.7 Å². The maximum Gasteiger partial charge on any atom is 0.0832 e. The van der Waals surface area contributed by atoms with Gasteiger partial charge in [-0.1, -0.05) is 0 Å². The molecule has 1 aromatic rings. The van der Waals surface area contributed by atoms with E-state index in [0.29, 0.717) is 5.92 Å². The van der Waals surface area contributed by atoms with Gasteiger partial charge in [0.15, 0.2) is 0 Å². The molecule has 1 saturated carbocycles. The normalized spacial score (nSPS) is 17.8. The fourth-order valence-corrected chi connectivity index (χ4v) is 1.92. The summed E-state index contributed by atoms with van der Waals surface area (Å²) >= 11 is 0. The first-order valence-electron chi connectivity index (χ1n) is 6.27. The van der Waals surface area contributed by atoms with Crippen LogP contribution in [0.4, 0.5) is 0 Å². The van der Waals surface area contributed by atoms with Crippen molar-refractivity contribution in [3.63, 3.8) is 0 Å². The predicted octanol–water partition coefficient (Wildman–Crippen LogP) is 2.87. The minimum atomic E-state index is -0.291. The highest BCUT2D eigenvalue weighted by atomic mass is 16.3. The van der Waals surface area contributed by atoms with Crippen LogP contribution in [0.2, 0.25) is 0 Å². The highest BCUT2D eigenvalue weighted by Crippen LogP contribution is 2.40. The van der Waals surface area contributed by atoms with E-state index in [9.17, 15) is 5.11 Å². The smallest absolute Gasteiger partial charge is 0.0832 e. The molecule has 1 aliphatic carbocycles. The van der Waals surface area contributed by atoms with Crippen LogP contribution in [-0.4, -0.2) is 9.67 Å². The molecule has 0 radical (unpaired) electrons. The van der Waals surface area contributed by atoms with E-state index < -0.39 is 0 Å². The van der Waals surface area contributed by atoms with Crippen LogP contribution in [-0.2, 0) is 6.54 Å². The summed E-state index contributed by atoms with van der Waals surface area (Å²) < 4.78 is 2.07. The standard InChI is InChI=1S/C14H20N2O/c1-14(2,10-15)6-8-16-7-5-12(9-16)13(17)11-3-4-11/h5,7,9,11,13,17H,3-4,6,8H2,1-2H3. The fourth-order valence-electron chi connectivity index (χ4n) is 1.92. The average Bonchev–Trinajstić information content (AvgIpc) is 3.05. The van der Waals surface area contributed by atoms with Crippen molar-refractivity contribution in [2.45, 2.75) is 45.8 Å². The summed E-state index contributed by atoms with van der Waals surface area (Å²) in [6.07, 6.45) is 6.84. The van der Waals surface area contributed by atoms with Gasteiger partial charge in [0, 0.05) is 18.9 Å². The Morgan fingerprint density at radius 1 is 1.59 bits per heavy atom. The molecule has 17 heavy (non-hydrogen) atoms. The van der Waals surface area contributed by atoms with E-state index in [0.717, 1.165) is 31.4 Å². The summed E-state index contributed by atoms with van der Waals surface area (Å²) in [6.45, 7) is 4.74. The van der Waals surface area contributed by atoms with Crippen LogP contribution in [0, 0.1) is 22.7 Å². The number of aliphatic hydroxyl groups excluding tert-OH is 1. The molecular formula is C14H20N2O. The van der Waals surface area contributed by atoms with E-state index in [1.165, 1.54) is 0 Å². The lowest BCUT2D eigenvalue weighted by Gasteiger charge is -2.15. The van der Waals surface area contributed by atoms with Crippen LogP contribution in [0.3, 0.4) is 0 Å². The van der Waals surface area contributed by atoms with Crippen LogP contribution in [0.15, 0.2) is 18.5 Å². The summed E-state index contributed by atoms with van der Waals surface area (Å²) in [4.78, 5) is 0. The first-order valence-corrected chi connectivity index (χ1v) is 6.27. The third kappa shape index (κ3) is 3.10. The zero-order chi connectivity index (χ0) is 12.5. The molecule has 0 amide bonds. The second-order valence-corrected chi connectivity index (χ2v) is 5.71. The minimum absolute atomic E-state index is 0.278. The minimum Gasteiger partial charge on any atom is -0.388 e. The van der Waals surface area contributed by atoms with E-state index in [1.807, 2.05) is 32.3 Å². The maximum absolute atomic E-state index is 9.98. The molecule has 0 spiro atoms. The number of hydrogen-bond acceptors (Lipinski definition) is 2. The second kappa shape index (κ2) is 4.54. The number of rotatable bonds is 5. The Kier molecular flexibility index (Phi) is 3.26. The Hall–Kier alpha value is -1.27. The number of nitrogens with zero attached hydrogens (tertiary/aromatic N) is 2. The van der Waals surface area contributed by atoms with Gasteiger partial charge in [-0.25, -0.2) is 0 Å². The summed E-state index contributed by atoms with van der Waals surface area (Å²) in [6, 6.07) is 4.30. The van der Waals surface area contributed by atoms with Gasteiger partial charge >= 0.3 is 0 Å². The fraction of sp³-hybridized carbons (Fsp3) is 0.643. The lowest BCUT2D eigenvalue weighted by Crippen LogP contribution is -2.11. The molecule has 1 unspecified atom stereocenters. The van der Waals surface area contributed by atoms with Crippen molar-refractivity contribution < 1.29 is 5.11 Å². The second-order valence-electron chi connectivity index (χ2n) is 5.71. The molecule has 1 aliphatic rings. The Morgan fingerprint density at radius 2 is 2.29 bits per heavy atom. The van der Waals surface area contributed by atoms with Crippen molar-refractivity contribution in [1.29, 1.82) is 5.26 Å². The topological polar surface area (TPSA) is 49.0 Å². The molecule has 1 fully saturated rings.